The number of nitrogens with zero attached hydrogens (tertiary/aromatic N) is 2. The monoisotopic (exact) mass is 314 g/mol. The molecule has 1 aliphatic heterocycles. The van der Waals surface area contributed by atoms with Crippen molar-refractivity contribution in [2.75, 3.05) is 0 Å². The molecule has 1 heterocycles. The van der Waals surface area contributed by atoms with Gasteiger partial charge in [-0.05, 0) is 41.5 Å². The molecule has 5 heteroatoms. The standard InChI is InChI=1S/C19H10N2O3/c20-10-13-3-1-12(2-4-13)9-16-18(22)17(19(23)24-16)15-7-5-14(11-21)6-8-15/h1-9,17H. The first-order valence-corrected chi connectivity index (χ1v) is 7.10. The van der Waals surface area contributed by atoms with E-state index >= 15 is 0 Å². The fourth-order valence-electron chi connectivity index (χ4n) is 2.41. The third-order valence-corrected chi connectivity index (χ3v) is 3.66. The zero-order valence-corrected chi connectivity index (χ0v) is 12.4. The Morgan fingerprint density at radius 3 is 1.96 bits per heavy atom. The second-order valence-corrected chi connectivity index (χ2v) is 5.19. The lowest BCUT2D eigenvalue weighted by molar-refractivity contribution is -0.136. The van der Waals surface area contributed by atoms with Gasteiger partial charge in [0.05, 0.1) is 23.3 Å². The molecule has 0 saturated carbocycles. The highest BCUT2D eigenvalue weighted by molar-refractivity contribution is 6.19. The summed E-state index contributed by atoms with van der Waals surface area (Å²) in [5, 5.41) is 17.6. The molecule has 0 radical (unpaired) electrons. The number of esters is 1. The number of Topliss-reactive ketones (excluding diaryl/α,β-unsaturated/α-hetero) is 1. The average molecular weight is 314 g/mol. The fraction of sp³-hybridized carbons (Fsp3) is 0.0526. The average Bonchev–Trinajstić information content (AvgIpc) is 2.89. The highest BCUT2D eigenvalue weighted by Gasteiger charge is 2.40. The minimum Gasteiger partial charge on any atom is -0.422 e. The Kier molecular flexibility index (Phi) is 3.93. The van der Waals surface area contributed by atoms with Crippen LogP contribution in [0.15, 0.2) is 54.3 Å². The van der Waals surface area contributed by atoms with Gasteiger partial charge in [-0.25, -0.2) is 0 Å². The Bertz CT molecular complexity index is 927. The van der Waals surface area contributed by atoms with Crippen LogP contribution in [0.2, 0.25) is 0 Å². The summed E-state index contributed by atoms with van der Waals surface area (Å²) in [4.78, 5) is 24.5. The molecule has 1 fully saturated rings. The van der Waals surface area contributed by atoms with Crippen LogP contribution in [-0.4, -0.2) is 11.8 Å². The minimum absolute atomic E-state index is 0.0286. The van der Waals surface area contributed by atoms with E-state index in [0.29, 0.717) is 22.3 Å². The predicted molar refractivity (Wildman–Crippen MR) is 84.1 cm³/mol. The van der Waals surface area contributed by atoms with Crippen molar-refractivity contribution in [3.63, 3.8) is 0 Å². The summed E-state index contributed by atoms with van der Waals surface area (Å²) in [7, 11) is 0. The molecule has 1 aliphatic rings. The highest BCUT2D eigenvalue weighted by Crippen LogP contribution is 2.31. The van der Waals surface area contributed by atoms with Crippen molar-refractivity contribution in [1.29, 1.82) is 10.5 Å². The smallest absolute Gasteiger partial charge is 0.327 e. The van der Waals surface area contributed by atoms with Crippen molar-refractivity contribution < 1.29 is 14.3 Å². The minimum atomic E-state index is -1.01. The third kappa shape index (κ3) is 2.79. The van der Waals surface area contributed by atoms with Crippen LogP contribution in [-0.2, 0) is 14.3 Å². The molecule has 3 rings (SSSR count). The zero-order valence-electron chi connectivity index (χ0n) is 12.4. The number of ether oxygens (including phenoxy) is 1. The van der Waals surface area contributed by atoms with E-state index in [1.807, 2.05) is 12.1 Å². The van der Waals surface area contributed by atoms with Gasteiger partial charge in [-0.15, -0.1) is 0 Å². The maximum absolute atomic E-state index is 12.5. The van der Waals surface area contributed by atoms with Crippen LogP contribution in [0.4, 0.5) is 0 Å². The lowest BCUT2D eigenvalue weighted by Gasteiger charge is -2.03. The molecular formula is C19H10N2O3. The van der Waals surface area contributed by atoms with E-state index in [0.717, 1.165) is 0 Å². The van der Waals surface area contributed by atoms with E-state index in [-0.39, 0.29) is 5.76 Å². The number of benzene rings is 2. The second kappa shape index (κ2) is 6.20. The fourth-order valence-corrected chi connectivity index (χ4v) is 2.41. The molecule has 1 saturated heterocycles. The first-order chi connectivity index (χ1) is 11.6. The number of ketones is 1. The quantitative estimate of drug-likeness (QED) is 0.483. The maximum Gasteiger partial charge on any atom is 0.327 e. The van der Waals surface area contributed by atoms with Crippen molar-refractivity contribution in [2.24, 2.45) is 0 Å². The molecule has 0 aromatic heterocycles. The summed E-state index contributed by atoms with van der Waals surface area (Å²) >= 11 is 0. The number of carbonyl (C=O) groups excluding carboxylic acids is 2. The lowest BCUT2D eigenvalue weighted by Crippen LogP contribution is -2.12. The molecule has 24 heavy (non-hydrogen) atoms. The molecule has 1 unspecified atom stereocenters. The summed E-state index contributed by atoms with van der Waals surface area (Å²) in [6, 6.07) is 16.8. The third-order valence-electron chi connectivity index (χ3n) is 3.66. The van der Waals surface area contributed by atoms with Crippen LogP contribution in [0, 0.1) is 22.7 Å². The van der Waals surface area contributed by atoms with Gasteiger partial charge in [0, 0.05) is 0 Å². The molecule has 0 spiro atoms. The van der Waals surface area contributed by atoms with E-state index in [2.05, 4.69) is 0 Å². The van der Waals surface area contributed by atoms with Gasteiger partial charge in [0.1, 0.15) is 5.92 Å². The number of rotatable bonds is 2. The summed E-state index contributed by atoms with van der Waals surface area (Å²) < 4.78 is 5.10. The van der Waals surface area contributed by atoms with Gasteiger partial charge < -0.3 is 4.74 Å². The van der Waals surface area contributed by atoms with Gasteiger partial charge in [-0.3, -0.25) is 9.59 Å². The lowest BCUT2D eigenvalue weighted by atomic mass is 9.94. The number of cyclic esters (lactones) is 1. The van der Waals surface area contributed by atoms with Crippen molar-refractivity contribution in [1.82, 2.24) is 0 Å². The normalized spacial score (nSPS) is 18.1. The van der Waals surface area contributed by atoms with Gasteiger partial charge in [0.2, 0.25) is 5.78 Å². The van der Waals surface area contributed by atoms with Crippen LogP contribution in [0.5, 0.6) is 0 Å². The molecule has 2 aromatic carbocycles. The van der Waals surface area contributed by atoms with Crippen molar-refractivity contribution in [3.05, 3.63) is 76.5 Å². The molecule has 1 atom stereocenters. The van der Waals surface area contributed by atoms with E-state index in [1.54, 1.807) is 48.5 Å². The van der Waals surface area contributed by atoms with E-state index in [9.17, 15) is 9.59 Å². The van der Waals surface area contributed by atoms with Crippen molar-refractivity contribution >= 4 is 17.8 Å². The van der Waals surface area contributed by atoms with Gasteiger partial charge >= 0.3 is 5.97 Å². The molecule has 0 bridgehead atoms. The number of nitriles is 2. The van der Waals surface area contributed by atoms with Crippen LogP contribution >= 0.6 is 0 Å². The van der Waals surface area contributed by atoms with Gasteiger partial charge in [0.25, 0.3) is 0 Å². The number of allylic oxidation sites excluding steroid dienone is 1. The molecule has 0 N–H and O–H groups in total. The van der Waals surface area contributed by atoms with E-state index in [1.165, 1.54) is 6.08 Å². The van der Waals surface area contributed by atoms with Gasteiger partial charge in [0.15, 0.2) is 5.76 Å². The summed E-state index contributed by atoms with van der Waals surface area (Å²) in [6.45, 7) is 0. The Morgan fingerprint density at radius 2 is 1.42 bits per heavy atom. The van der Waals surface area contributed by atoms with Crippen molar-refractivity contribution in [2.45, 2.75) is 5.92 Å². The Balaban J connectivity index is 1.89. The largest absolute Gasteiger partial charge is 0.422 e. The Labute approximate surface area is 138 Å². The van der Waals surface area contributed by atoms with E-state index < -0.39 is 17.7 Å². The zero-order chi connectivity index (χ0) is 17.1. The van der Waals surface area contributed by atoms with Crippen LogP contribution < -0.4 is 0 Å². The Hall–Kier alpha value is -3.70. The first-order valence-electron chi connectivity index (χ1n) is 7.10. The molecule has 5 nitrogen and oxygen atoms in total. The predicted octanol–water partition coefficient (Wildman–Crippen LogP) is 2.68. The summed E-state index contributed by atoms with van der Waals surface area (Å²) in [5.74, 6) is -2.10. The van der Waals surface area contributed by atoms with Crippen LogP contribution in [0.3, 0.4) is 0 Å². The number of hydrogen-bond acceptors (Lipinski definition) is 5. The SMILES string of the molecule is N#Cc1ccc(C=C2OC(=O)C(c3ccc(C#N)cc3)C2=O)cc1. The number of carbonyl (C=O) groups is 2. The van der Waals surface area contributed by atoms with Gasteiger partial charge in [-0.1, -0.05) is 24.3 Å². The summed E-state index contributed by atoms with van der Waals surface area (Å²) in [5.41, 5.74) is 2.10. The highest BCUT2D eigenvalue weighted by atomic mass is 16.5. The van der Waals surface area contributed by atoms with Crippen molar-refractivity contribution in [3.8, 4) is 12.1 Å². The van der Waals surface area contributed by atoms with Gasteiger partial charge in [-0.2, -0.15) is 10.5 Å². The molecule has 114 valence electrons. The molecular weight excluding hydrogens is 304 g/mol. The second-order valence-electron chi connectivity index (χ2n) is 5.19. The van der Waals surface area contributed by atoms with E-state index in [4.69, 9.17) is 15.3 Å². The number of hydrogen-bond donors (Lipinski definition) is 0. The van der Waals surface area contributed by atoms with Crippen LogP contribution in [0.1, 0.15) is 28.2 Å². The molecule has 0 aliphatic carbocycles. The topological polar surface area (TPSA) is 90.9 Å². The first kappa shape index (κ1) is 15.2. The Morgan fingerprint density at radius 1 is 0.875 bits per heavy atom. The van der Waals surface area contributed by atoms with Crippen LogP contribution in [0.25, 0.3) is 6.08 Å². The molecule has 2 aromatic rings. The maximum atomic E-state index is 12.5. The summed E-state index contributed by atoms with van der Waals surface area (Å²) in [6.07, 6.45) is 1.48. The molecule has 0 amide bonds.